The summed E-state index contributed by atoms with van der Waals surface area (Å²) in [5.41, 5.74) is 2.70. The van der Waals surface area contributed by atoms with E-state index >= 15 is 0 Å². The van der Waals surface area contributed by atoms with E-state index in [1.807, 2.05) is 6.08 Å². The fraction of sp³-hybridized carbons (Fsp3) is 0.333. The summed E-state index contributed by atoms with van der Waals surface area (Å²) in [4.78, 5) is 0. The number of rotatable bonds is 5. The van der Waals surface area contributed by atoms with Crippen LogP contribution in [0.3, 0.4) is 0 Å². The molecule has 0 radical (unpaired) electrons. The maximum atomic E-state index is 3.78. The summed E-state index contributed by atoms with van der Waals surface area (Å²) < 4.78 is 0. The average Bonchev–Trinajstić information content (AvgIpc) is 2.32. The maximum absolute atomic E-state index is 3.78. The third kappa shape index (κ3) is 5.18. The second-order valence-electron chi connectivity index (χ2n) is 3.77. The Morgan fingerprint density at radius 3 is 2.28 bits per heavy atom. The van der Waals surface area contributed by atoms with Crippen LogP contribution in [-0.4, -0.2) is 0 Å². The van der Waals surface area contributed by atoms with Crippen molar-refractivity contribution in [3.05, 3.63) is 72.4 Å². The molecule has 0 N–H and O–H groups in total. The molecule has 1 aromatic rings. The fourth-order valence-electron chi connectivity index (χ4n) is 1.97. The minimum absolute atomic E-state index is 0. The van der Waals surface area contributed by atoms with Gasteiger partial charge in [-0.25, -0.2) is 0 Å². The zero-order chi connectivity index (χ0) is 11.8. The van der Waals surface area contributed by atoms with Gasteiger partial charge in [0.1, 0.15) is 0 Å². The predicted molar refractivity (Wildman–Crippen MR) is 86.0 cm³/mol. The highest BCUT2D eigenvalue weighted by atomic mass is 14.2. The molecule has 0 heterocycles. The molecule has 0 bridgehead atoms. The van der Waals surface area contributed by atoms with Crippen molar-refractivity contribution in [2.75, 3.05) is 0 Å². The molecule has 0 saturated heterocycles. The third-order valence-corrected chi connectivity index (χ3v) is 2.68. The van der Waals surface area contributed by atoms with Crippen molar-refractivity contribution in [1.82, 2.24) is 0 Å². The van der Waals surface area contributed by atoms with Crippen LogP contribution in [-0.2, 0) is 0 Å². The molecule has 0 heteroatoms. The number of benzene rings is 1. The van der Waals surface area contributed by atoms with Gasteiger partial charge in [-0.2, -0.15) is 0 Å². The minimum Gasteiger partial charge on any atom is -0.0991 e. The van der Waals surface area contributed by atoms with Gasteiger partial charge in [0.05, 0.1) is 0 Å². The van der Waals surface area contributed by atoms with Gasteiger partial charge in [-0.1, -0.05) is 83.0 Å². The largest absolute Gasteiger partial charge is 0.0991 e. The Kier molecular flexibility index (Phi) is 11.1. The summed E-state index contributed by atoms with van der Waals surface area (Å²) in [6.07, 6.45) is 9.32. The molecule has 0 fully saturated rings. The van der Waals surface area contributed by atoms with E-state index in [-0.39, 0.29) is 14.9 Å². The minimum atomic E-state index is 0. The summed E-state index contributed by atoms with van der Waals surface area (Å²) in [5.74, 6) is 0.468. The Labute approximate surface area is 114 Å². The van der Waals surface area contributed by atoms with E-state index in [4.69, 9.17) is 0 Å². The highest BCUT2D eigenvalue weighted by molar-refractivity contribution is 5.36. The number of allylic oxidation sites excluding steroid dienone is 5. The van der Waals surface area contributed by atoms with E-state index in [2.05, 4.69) is 69.0 Å². The SMILES string of the molecule is C.C.C=C/C=C(\C=C/C)C(CC)c1ccccc1. The Bertz CT molecular complexity index is 368. The molecule has 1 rings (SSSR count). The van der Waals surface area contributed by atoms with Crippen molar-refractivity contribution in [2.45, 2.75) is 41.0 Å². The van der Waals surface area contributed by atoms with Crippen molar-refractivity contribution >= 4 is 0 Å². The molecule has 1 atom stereocenters. The summed E-state index contributed by atoms with van der Waals surface area (Å²) >= 11 is 0. The summed E-state index contributed by atoms with van der Waals surface area (Å²) in [6, 6.07) is 10.6. The van der Waals surface area contributed by atoms with E-state index in [1.54, 1.807) is 0 Å². The Morgan fingerprint density at radius 1 is 1.22 bits per heavy atom. The van der Waals surface area contributed by atoms with Gasteiger partial charge >= 0.3 is 0 Å². The number of hydrogen-bond acceptors (Lipinski definition) is 0. The van der Waals surface area contributed by atoms with Crippen molar-refractivity contribution in [3.8, 4) is 0 Å². The molecule has 1 unspecified atom stereocenters. The molecule has 0 saturated carbocycles. The summed E-state index contributed by atoms with van der Waals surface area (Å²) in [6.45, 7) is 8.05. The average molecular weight is 244 g/mol. The second kappa shape index (κ2) is 10.6. The van der Waals surface area contributed by atoms with E-state index in [1.165, 1.54) is 11.1 Å². The third-order valence-electron chi connectivity index (χ3n) is 2.68. The Balaban J connectivity index is 0. The van der Waals surface area contributed by atoms with Crippen molar-refractivity contribution in [2.24, 2.45) is 0 Å². The molecule has 0 amide bonds. The molecule has 0 aliphatic rings. The molecule has 100 valence electrons. The highest BCUT2D eigenvalue weighted by Gasteiger charge is 2.11. The van der Waals surface area contributed by atoms with Crippen LogP contribution in [0.2, 0.25) is 0 Å². The Morgan fingerprint density at radius 2 is 1.83 bits per heavy atom. The van der Waals surface area contributed by atoms with Gasteiger partial charge in [0.15, 0.2) is 0 Å². The monoisotopic (exact) mass is 244 g/mol. The van der Waals surface area contributed by atoms with Crippen molar-refractivity contribution in [3.63, 3.8) is 0 Å². The van der Waals surface area contributed by atoms with E-state index in [0.29, 0.717) is 5.92 Å². The van der Waals surface area contributed by atoms with E-state index < -0.39 is 0 Å². The second-order valence-corrected chi connectivity index (χ2v) is 3.77. The quantitative estimate of drug-likeness (QED) is 0.546. The first-order chi connectivity index (χ1) is 7.83. The van der Waals surface area contributed by atoms with Crippen LogP contribution in [0.4, 0.5) is 0 Å². The first-order valence-electron chi connectivity index (χ1n) is 5.83. The van der Waals surface area contributed by atoms with Crippen LogP contribution in [0.5, 0.6) is 0 Å². The normalized spacial score (nSPS) is 12.4. The van der Waals surface area contributed by atoms with Gasteiger partial charge in [-0.15, -0.1) is 0 Å². The fourth-order valence-corrected chi connectivity index (χ4v) is 1.97. The Hall–Kier alpha value is -1.56. The van der Waals surface area contributed by atoms with Gasteiger partial charge < -0.3 is 0 Å². The van der Waals surface area contributed by atoms with Gasteiger partial charge in [0.25, 0.3) is 0 Å². The molecule has 0 aliphatic carbocycles. The smallest absolute Gasteiger partial charge is 0.00866 e. The molecule has 18 heavy (non-hydrogen) atoms. The lowest BCUT2D eigenvalue weighted by Gasteiger charge is -2.16. The number of hydrogen-bond donors (Lipinski definition) is 0. The molecular weight excluding hydrogens is 216 g/mol. The molecule has 0 aromatic heterocycles. The van der Waals surface area contributed by atoms with Crippen LogP contribution in [0.15, 0.2) is 66.8 Å². The molecule has 0 nitrogen and oxygen atoms in total. The van der Waals surface area contributed by atoms with Crippen LogP contribution in [0.25, 0.3) is 0 Å². The summed E-state index contributed by atoms with van der Waals surface area (Å²) in [5, 5.41) is 0. The van der Waals surface area contributed by atoms with E-state index in [0.717, 1.165) is 6.42 Å². The van der Waals surface area contributed by atoms with Gasteiger partial charge in [-0.3, -0.25) is 0 Å². The molecule has 1 aromatic carbocycles. The molecule has 0 spiro atoms. The standard InChI is InChI=1S/C16H20.2CH4/c1-4-10-14(11-5-2)16(6-3)15-12-8-7-9-13-15;;/h4-5,7-13,16H,1,6H2,2-3H3;2*1H4/b11-5-,14-10+;;. The van der Waals surface area contributed by atoms with Gasteiger partial charge in [0, 0.05) is 5.92 Å². The lowest BCUT2D eigenvalue weighted by molar-refractivity contribution is 0.776. The van der Waals surface area contributed by atoms with Gasteiger partial charge in [-0.05, 0) is 24.5 Å². The molecular formula is C18H28. The first-order valence-corrected chi connectivity index (χ1v) is 5.83. The zero-order valence-corrected chi connectivity index (χ0v) is 10.2. The summed E-state index contributed by atoms with van der Waals surface area (Å²) in [7, 11) is 0. The van der Waals surface area contributed by atoms with Crippen molar-refractivity contribution in [1.29, 1.82) is 0 Å². The zero-order valence-electron chi connectivity index (χ0n) is 10.2. The van der Waals surface area contributed by atoms with Crippen LogP contribution in [0.1, 0.15) is 46.6 Å². The van der Waals surface area contributed by atoms with Crippen LogP contribution >= 0.6 is 0 Å². The predicted octanol–water partition coefficient (Wildman–Crippen LogP) is 6.14. The van der Waals surface area contributed by atoms with Crippen LogP contribution < -0.4 is 0 Å². The topological polar surface area (TPSA) is 0 Å². The molecule has 0 aliphatic heterocycles. The lowest BCUT2D eigenvalue weighted by atomic mass is 9.88. The first kappa shape index (κ1) is 18.8. The van der Waals surface area contributed by atoms with Crippen LogP contribution in [0, 0.1) is 0 Å². The highest BCUT2D eigenvalue weighted by Crippen LogP contribution is 2.28. The lowest BCUT2D eigenvalue weighted by Crippen LogP contribution is -1.99. The van der Waals surface area contributed by atoms with Crippen molar-refractivity contribution < 1.29 is 0 Å². The van der Waals surface area contributed by atoms with E-state index in [9.17, 15) is 0 Å². The maximum Gasteiger partial charge on any atom is 0.00866 e. The van der Waals surface area contributed by atoms with Gasteiger partial charge in [0.2, 0.25) is 0 Å².